The molecule has 0 fully saturated rings. The van der Waals surface area contributed by atoms with E-state index in [1.54, 1.807) is 0 Å². The molecule has 0 aliphatic heterocycles. The molecule has 10 heteroatoms. The Morgan fingerprint density at radius 1 is 0.639 bits per heavy atom. The standard InChI is InChI=1S/C26H24F2O8/c1-15(2)23(29)33-9-11-35-25(31)19-7-5-17(13-21(19)27)18-6-8-20(22(28)14-18)26(32)36-12-10-34-24(30)16(3)4/h5-8,13-14H,1,3,9-12H2,2,4H3. The van der Waals surface area contributed by atoms with Gasteiger partial charge in [-0.2, -0.15) is 0 Å². The molecule has 0 spiro atoms. The highest BCUT2D eigenvalue weighted by atomic mass is 19.1. The fourth-order valence-electron chi connectivity index (χ4n) is 2.66. The number of carbonyl (C=O) groups is 4. The summed E-state index contributed by atoms with van der Waals surface area (Å²) in [6.07, 6.45) is 0. The van der Waals surface area contributed by atoms with E-state index >= 15 is 0 Å². The van der Waals surface area contributed by atoms with Crippen LogP contribution in [0, 0.1) is 11.6 Å². The minimum absolute atomic E-state index is 0.186. The quantitative estimate of drug-likeness (QED) is 0.195. The van der Waals surface area contributed by atoms with Crippen molar-refractivity contribution in [1.29, 1.82) is 0 Å². The maximum absolute atomic E-state index is 14.5. The summed E-state index contributed by atoms with van der Waals surface area (Å²) in [5, 5.41) is 0. The van der Waals surface area contributed by atoms with Gasteiger partial charge in [-0.1, -0.05) is 25.3 Å². The van der Waals surface area contributed by atoms with Gasteiger partial charge in [0.2, 0.25) is 0 Å². The van der Waals surface area contributed by atoms with Crippen molar-refractivity contribution in [2.75, 3.05) is 26.4 Å². The molecule has 0 aromatic heterocycles. The van der Waals surface area contributed by atoms with Gasteiger partial charge in [-0.25, -0.2) is 28.0 Å². The first-order valence-corrected chi connectivity index (χ1v) is 10.6. The molecule has 0 N–H and O–H groups in total. The molecule has 0 saturated heterocycles. The zero-order chi connectivity index (χ0) is 26.8. The molecular formula is C26H24F2O8. The summed E-state index contributed by atoms with van der Waals surface area (Å²) in [6.45, 7) is 8.75. The predicted octanol–water partition coefficient (Wildman–Crippen LogP) is 4.18. The van der Waals surface area contributed by atoms with Gasteiger partial charge in [0.15, 0.2) is 0 Å². The highest BCUT2D eigenvalue weighted by Crippen LogP contribution is 2.25. The Morgan fingerprint density at radius 3 is 1.28 bits per heavy atom. The van der Waals surface area contributed by atoms with E-state index in [2.05, 4.69) is 13.2 Å². The molecule has 0 atom stereocenters. The summed E-state index contributed by atoms with van der Waals surface area (Å²) < 4.78 is 48.3. The highest BCUT2D eigenvalue weighted by molar-refractivity contribution is 5.92. The third kappa shape index (κ3) is 7.86. The summed E-state index contributed by atoms with van der Waals surface area (Å²) in [5.41, 5.74) is 0.128. The van der Waals surface area contributed by atoms with Crippen LogP contribution in [0.1, 0.15) is 34.6 Å². The Hall–Kier alpha value is -4.34. The fraction of sp³-hybridized carbons (Fsp3) is 0.231. The van der Waals surface area contributed by atoms with E-state index in [1.807, 2.05) is 0 Å². The molecule has 2 aromatic rings. The number of rotatable bonds is 11. The SMILES string of the molecule is C=C(C)C(=O)OCCOC(=O)c1ccc(-c2ccc(C(=O)OCCOC(=O)C(=C)C)c(F)c2)cc1F. The lowest BCUT2D eigenvalue weighted by molar-refractivity contribution is -0.140. The number of benzene rings is 2. The molecule has 0 saturated carbocycles. The van der Waals surface area contributed by atoms with Gasteiger partial charge in [-0.15, -0.1) is 0 Å². The molecule has 0 aliphatic carbocycles. The van der Waals surface area contributed by atoms with Crippen LogP contribution in [0.4, 0.5) is 8.78 Å². The van der Waals surface area contributed by atoms with Crippen LogP contribution >= 0.6 is 0 Å². The second-order valence-corrected chi connectivity index (χ2v) is 7.49. The average molecular weight is 502 g/mol. The molecule has 190 valence electrons. The second kappa shape index (κ2) is 12.9. The number of halogens is 2. The molecule has 2 rings (SSSR count). The second-order valence-electron chi connectivity index (χ2n) is 7.49. The topological polar surface area (TPSA) is 105 Å². The maximum atomic E-state index is 14.5. The van der Waals surface area contributed by atoms with Crippen LogP contribution in [0.25, 0.3) is 11.1 Å². The van der Waals surface area contributed by atoms with Crippen LogP contribution in [0.5, 0.6) is 0 Å². The lowest BCUT2D eigenvalue weighted by Crippen LogP contribution is -2.15. The van der Waals surface area contributed by atoms with Gasteiger partial charge in [-0.3, -0.25) is 0 Å². The van der Waals surface area contributed by atoms with Gasteiger partial charge in [0, 0.05) is 11.1 Å². The first kappa shape index (κ1) is 27.9. The van der Waals surface area contributed by atoms with E-state index in [0.717, 1.165) is 12.1 Å². The predicted molar refractivity (Wildman–Crippen MR) is 124 cm³/mol. The summed E-state index contributed by atoms with van der Waals surface area (Å²) >= 11 is 0. The molecule has 0 amide bonds. The first-order valence-electron chi connectivity index (χ1n) is 10.6. The van der Waals surface area contributed by atoms with Crippen molar-refractivity contribution in [2.24, 2.45) is 0 Å². The molecule has 0 radical (unpaired) electrons. The lowest BCUT2D eigenvalue weighted by Gasteiger charge is -2.10. The van der Waals surface area contributed by atoms with E-state index in [4.69, 9.17) is 18.9 Å². The van der Waals surface area contributed by atoms with Crippen LogP contribution in [0.3, 0.4) is 0 Å². The maximum Gasteiger partial charge on any atom is 0.341 e. The lowest BCUT2D eigenvalue weighted by atomic mass is 10.0. The van der Waals surface area contributed by atoms with Crippen LogP contribution in [0.2, 0.25) is 0 Å². The Kier molecular flexibility index (Phi) is 10.0. The highest BCUT2D eigenvalue weighted by Gasteiger charge is 2.17. The largest absolute Gasteiger partial charge is 0.459 e. The molecule has 2 aromatic carbocycles. The molecule has 8 nitrogen and oxygen atoms in total. The van der Waals surface area contributed by atoms with Gasteiger partial charge >= 0.3 is 23.9 Å². The van der Waals surface area contributed by atoms with Crippen LogP contribution in [-0.4, -0.2) is 50.3 Å². The fourth-order valence-corrected chi connectivity index (χ4v) is 2.66. The normalized spacial score (nSPS) is 10.2. The molecule has 0 heterocycles. The molecule has 36 heavy (non-hydrogen) atoms. The monoisotopic (exact) mass is 502 g/mol. The van der Waals surface area contributed by atoms with Crippen LogP contribution < -0.4 is 0 Å². The van der Waals surface area contributed by atoms with E-state index in [-0.39, 0.29) is 59.8 Å². The van der Waals surface area contributed by atoms with Gasteiger partial charge in [0.1, 0.15) is 38.1 Å². The van der Waals surface area contributed by atoms with Gasteiger partial charge in [-0.05, 0) is 49.2 Å². The Balaban J connectivity index is 1.98. The zero-order valence-corrected chi connectivity index (χ0v) is 19.7. The number of ether oxygens (including phenoxy) is 4. The van der Waals surface area contributed by atoms with Crippen molar-refractivity contribution < 1.29 is 46.9 Å². The molecule has 0 aliphatic rings. The van der Waals surface area contributed by atoms with E-state index in [0.29, 0.717) is 0 Å². The van der Waals surface area contributed by atoms with Crippen molar-refractivity contribution in [1.82, 2.24) is 0 Å². The van der Waals surface area contributed by atoms with Crippen molar-refractivity contribution in [3.8, 4) is 11.1 Å². The van der Waals surface area contributed by atoms with E-state index < -0.39 is 35.5 Å². The average Bonchev–Trinajstić information content (AvgIpc) is 2.83. The van der Waals surface area contributed by atoms with Crippen LogP contribution in [-0.2, 0) is 28.5 Å². The molecule has 0 bridgehead atoms. The minimum Gasteiger partial charge on any atom is -0.459 e. The summed E-state index contributed by atoms with van der Waals surface area (Å²) in [4.78, 5) is 46.7. The smallest absolute Gasteiger partial charge is 0.341 e. The minimum atomic E-state index is -0.969. The van der Waals surface area contributed by atoms with Crippen molar-refractivity contribution in [3.05, 3.63) is 83.5 Å². The summed E-state index contributed by atoms with van der Waals surface area (Å²) in [6, 6.07) is 7.12. The Morgan fingerprint density at radius 2 is 0.972 bits per heavy atom. The Labute approximate surface area is 206 Å². The van der Waals surface area contributed by atoms with Gasteiger partial charge < -0.3 is 18.9 Å². The van der Waals surface area contributed by atoms with Crippen LogP contribution in [0.15, 0.2) is 60.7 Å². The van der Waals surface area contributed by atoms with Crippen molar-refractivity contribution in [2.45, 2.75) is 13.8 Å². The molecule has 0 unspecified atom stereocenters. The zero-order valence-electron chi connectivity index (χ0n) is 19.7. The van der Waals surface area contributed by atoms with E-state index in [9.17, 15) is 28.0 Å². The number of hydrogen-bond donors (Lipinski definition) is 0. The van der Waals surface area contributed by atoms with Gasteiger partial charge in [0.05, 0.1) is 11.1 Å². The van der Waals surface area contributed by atoms with Crippen molar-refractivity contribution >= 4 is 23.9 Å². The van der Waals surface area contributed by atoms with Gasteiger partial charge in [0.25, 0.3) is 0 Å². The number of hydrogen-bond acceptors (Lipinski definition) is 8. The third-order valence-corrected chi connectivity index (χ3v) is 4.51. The third-order valence-electron chi connectivity index (χ3n) is 4.51. The Bertz CT molecular complexity index is 1110. The summed E-state index contributed by atoms with van der Waals surface area (Å²) in [7, 11) is 0. The van der Waals surface area contributed by atoms with E-state index in [1.165, 1.54) is 38.1 Å². The van der Waals surface area contributed by atoms with Crippen molar-refractivity contribution in [3.63, 3.8) is 0 Å². The molecular weight excluding hydrogens is 478 g/mol. The number of esters is 4. The summed E-state index contributed by atoms with van der Waals surface area (Å²) in [5.74, 6) is -5.05. The first-order chi connectivity index (χ1) is 17.0. The number of carbonyl (C=O) groups excluding carboxylic acids is 4.